The van der Waals surface area contributed by atoms with E-state index < -0.39 is 0 Å². The highest BCUT2D eigenvalue weighted by atomic mass is 16.5. The molecule has 25 heavy (non-hydrogen) atoms. The SMILES string of the molecule is C[C@H]1CC[C@H]2[C@@H]3CC[C@H]4C[C@H](O)[C@@H](OC5CC5)C[C@]4(C)[C@H]3CC[C@]12C. The van der Waals surface area contributed by atoms with Crippen LogP contribution in [0.25, 0.3) is 0 Å². The van der Waals surface area contributed by atoms with E-state index in [1.165, 1.54) is 51.4 Å². The Labute approximate surface area is 154 Å². The van der Waals surface area contributed by atoms with Crippen molar-refractivity contribution in [3.63, 3.8) is 0 Å². The number of ether oxygens (including phenoxy) is 1. The molecule has 0 radical (unpaired) electrons. The Morgan fingerprint density at radius 3 is 2.40 bits per heavy atom. The van der Waals surface area contributed by atoms with Crippen LogP contribution in [-0.4, -0.2) is 23.4 Å². The lowest BCUT2D eigenvalue weighted by Crippen LogP contribution is -2.57. The molecule has 9 atom stereocenters. The van der Waals surface area contributed by atoms with Gasteiger partial charge in [-0.15, -0.1) is 0 Å². The zero-order valence-corrected chi connectivity index (χ0v) is 16.5. The van der Waals surface area contributed by atoms with Gasteiger partial charge >= 0.3 is 0 Å². The van der Waals surface area contributed by atoms with Crippen molar-refractivity contribution in [1.29, 1.82) is 0 Å². The van der Waals surface area contributed by atoms with Crippen LogP contribution in [-0.2, 0) is 4.74 Å². The van der Waals surface area contributed by atoms with Gasteiger partial charge in [-0.25, -0.2) is 0 Å². The molecular formula is C23H38O2. The van der Waals surface area contributed by atoms with Crippen molar-refractivity contribution in [2.45, 2.75) is 103 Å². The first kappa shape index (κ1) is 17.0. The molecule has 0 saturated heterocycles. The maximum absolute atomic E-state index is 10.7. The summed E-state index contributed by atoms with van der Waals surface area (Å²) in [4.78, 5) is 0. The Bertz CT molecular complexity index is 528. The Balaban J connectivity index is 1.40. The van der Waals surface area contributed by atoms with E-state index in [1.54, 1.807) is 0 Å². The van der Waals surface area contributed by atoms with Gasteiger partial charge in [0.25, 0.3) is 0 Å². The van der Waals surface area contributed by atoms with Gasteiger partial charge in [0.2, 0.25) is 0 Å². The largest absolute Gasteiger partial charge is 0.390 e. The van der Waals surface area contributed by atoms with E-state index in [0.29, 0.717) is 16.9 Å². The minimum Gasteiger partial charge on any atom is -0.390 e. The lowest BCUT2D eigenvalue weighted by atomic mass is 9.44. The molecule has 2 heteroatoms. The van der Waals surface area contributed by atoms with Crippen molar-refractivity contribution >= 4 is 0 Å². The summed E-state index contributed by atoms with van der Waals surface area (Å²) in [5.74, 6) is 4.44. The monoisotopic (exact) mass is 346 g/mol. The van der Waals surface area contributed by atoms with E-state index in [4.69, 9.17) is 4.74 Å². The topological polar surface area (TPSA) is 29.5 Å². The second kappa shape index (κ2) is 5.71. The molecule has 5 aliphatic rings. The first-order valence-electron chi connectivity index (χ1n) is 11.3. The van der Waals surface area contributed by atoms with Gasteiger partial charge < -0.3 is 9.84 Å². The van der Waals surface area contributed by atoms with E-state index in [1.807, 2.05) is 0 Å². The van der Waals surface area contributed by atoms with E-state index in [0.717, 1.165) is 42.4 Å². The van der Waals surface area contributed by atoms with Gasteiger partial charge in [0.1, 0.15) is 0 Å². The van der Waals surface area contributed by atoms with E-state index in [2.05, 4.69) is 20.8 Å². The summed E-state index contributed by atoms with van der Waals surface area (Å²) < 4.78 is 6.28. The summed E-state index contributed by atoms with van der Waals surface area (Å²) in [6.45, 7) is 7.72. The summed E-state index contributed by atoms with van der Waals surface area (Å²) in [6, 6.07) is 0. The molecule has 0 aromatic carbocycles. The lowest BCUT2D eigenvalue weighted by molar-refractivity contribution is -0.174. The maximum atomic E-state index is 10.7. The van der Waals surface area contributed by atoms with Crippen LogP contribution in [0.3, 0.4) is 0 Å². The maximum Gasteiger partial charge on any atom is 0.0843 e. The normalized spacial score (nSPS) is 58.3. The highest BCUT2D eigenvalue weighted by Gasteiger charge is 2.60. The molecule has 1 N–H and O–H groups in total. The highest BCUT2D eigenvalue weighted by Crippen LogP contribution is 2.67. The van der Waals surface area contributed by atoms with Crippen molar-refractivity contribution in [3.05, 3.63) is 0 Å². The summed E-state index contributed by atoms with van der Waals surface area (Å²) in [6.07, 6.45) is 13.5. The second-order valence-electron chi connectivity index (χ2n) is 11.1. The molecular weight excluding hydrogens is 308 g/mol. The summed E-state index contributed by atoms with van der Waals surface area (Å²) in [5, 5.41) is 10.7. The smallest absolute Gasteiger partial charge is 0.0843 e. The van der Waals surface area contributed by atoms with Crippen LogP contribution in [0.5, 0.6) is 0 Å². The fraction of sp³-hybridized carbons (Fsp3) is 1.00. The first-order valence-corrected chi connectivity index (χ1v) is 11.3. The summed E-state index contributed by atoms with van der Waals surface area (Å²) in [7, 11) is 0. The van der Waals surface area contributed by atoms with E-state index in [-0.39, 0.29) is 12.2 Å². The first-order chi connectivity index (χ1) is 11.9. The van der Waals surface area contributed by atoms with Crippen LogP contribution >= 0.6 is 0 Å². The fourth-order valence-corrected chi connectivity index (χ4v) is 8.11. The standard InChI is InChI=1S/C23H38O2/c1-14-4-9-18-17-8-5-15-12-20(24)21(25-16-6-7-16)13-23(15,3)19(17)10-11-22(14,18)2/h14-21,24H,4-13H2,1-3H3/t14-,15-,17-,18-,19-,20-,21-,22+,23-/m0/s1. The molecule has 5 fully saturated rings. The molecule has 0 unspecified atom stereocenters. The molecule has 5 aliphatic carbocycles. The molecule has 0 aromatic heterocycles. The number of fused-ring (bicyclic) bond motifs is 5. The van der Waals surface area contributed by atoms with Crippen molar-refractivity contribution in [1.82, 2.24) is 0 Å². The average molecular weight is 347 g/mol. The van der Waals surface area contributed by atoms with Crippen LogP contribution in [0.1, 0.15) is 85.0 Å². The van der Waals surface area contributed by atoms with Crippen molar-refractivity contribution < 1.29 is 9.84 Å². The zero-order valence-electron chi connectivity index (χ0n) is 16.5. The summed E-state index contributed by atoms with van der Waals surface area (Å²) in [5.41, 5.74) is 1.03. The predicted molar refractivity (Wildman–Crippen MR) is 100 cm³/mol. The van der Waals surface area contributed by atoms with Gasteiger partial charge in [-0.2, -0.15) is 0 Å². The fourth-order valence-electron chi connectivity index (χ4n) is 8.11. The molecule has 142 valence electrons. The Hall–Kier alpha value is -0.0800. The van der Waals surface area contributed by atoms with Crippen LogP contribution in [0.4, 0.5) is 0 Å². The third kappa shape index (κ3) is 2.49. The van der Waals surface area contributed by atoms with Crippen LogP contribution < -0.4 is 0 Å². The van der Waals surface area contributed by atoms with Crippen molar-refractivity contribution in [3.8, 4) is 0 Å². The number of aliphatic hydroxyl groups is 1. The molecule has 0 bridgehead atoms. The third-order valence-corrected chi connectivity index (χ3v) is 10.0. The number of aliphatic hydroxyl groups excluding tert-OH is 1. The lowest BCUT2D eigenvalue weighted by Gasteiger charge is -2.61. The Kier molecular flexibility index (Phi) is 3.89. The van der Waals surface area contributed by atoms with Gasteiger partial charge in [0.05, 0.1) is 18.3 Å². The molecule has 2 nitrogen and oxygen atoms in total. The second-order valence-corrected chi connectivity index (χ2v) is 11.1. The Morgan fingerprint density at radius 2 is 1.64 bits per heavy atom. The third-order valence-electron chi connectivity index (χ3n) is 10.0. The van der Waals surface area contributed by atoms with Gasteiger partial charge in [0.15, 0.2) is 0 Å². The molecule has 5 saturated carbocycles. The molecule has 0 aliphatic heterocycles. The Morgan fingerprint density at radius 1 is 0.880 bits per heavy atom. The molecule has 0 heterocycles. The predicted octanol–water partition coefficient (Wildman–Crippen LogP) is 5.18. The van der Waals surface area contributed by atoms with Gasteiger partial charge in [0, 0.05) is 0 Å². The molecule has 0 aromatic rings. The molecule has 5 rings (SSSR count). The van der Waals surface area contributed by atoms with E-state index in [9.17, 15) is 5.11 Å². The van der Waals surface area contributed by atoms with Crippen LogP contribution in [0.2, 0.25) is 0 Å². The number of rotatable bonds is 2. The molecule has 0 amide bonds. The van der Waals surface area contributed by atoms with Gasteiger partial charge in [-0.05, 0) is 105 Å². The van der Waals surface area contributed by atoms with Gasteiger partial charge in [-0.3, -0.25) is 0 Å². The minimum absolute atomic E-state index is 0.114. The average Bonchev–Trinajstić information content (AvgIpc) is 3.33. The quantitative estimate of drug-likeness (QED) is 0.746. The number of hydrogen-bond donors (Lipinski definition) is 1. The van der Waals surface area contributed by atoms with Crippen molar-refractivity contribution in [2.75, 3.05) is 0 Å². The highest BCUT2D eigenvalue weighted by molar-refractivity contribution is 5.10. The number of hydrogen-bond acceptors (Lipinski definition) is 2. The minimum atomic E-state index is -0.212. The van der Waals surface area contributed by atoms with Crippen LogP contribution in [0.15, 0.2) is 0 Å². The zero-order chi connectivity index (χ0) is 17.4. The van der Waals surface area contributed by atoms with Crippen LogP contribution in [0, 0.1) is 40.4 Å². The van der Waals surface area contributed by atoms with Crippen molar-refractivity contribution in [2.24, 2.45) is 40.4 Å². The summed E-state index contributed by atoms with van der Waals surface area (Å²) >= 11 is 0. The molecule has 0 spiro atoms. The van der Waals surface area contributed by atoms with Gasteiger partial charge in [-0.1, -0.05) is 20.8 Å². The van der Waals surface area contributed by atoms with E-state index >= 15 is 0 Å².